The van der Waals surface area contributed by atoms with E-state index < -0.39 is 0 Å². The van der Waals surface area contributed by atoms with Crippen LogP contribution in [0.5, 0.6) is 0 Å². The van der Waals surface area contributed by atoms with Crippen molar-refractivity contribution in [3.63, 3.8) is 0 Å². The quantitative estimate of drug-likeness (QED) is 0.824. The van der Waals surface area contributed by atoms with Gasteiger partial charge in [-0.25, -0.2) is 4.98 Å². The molecule has 3 heteroatoms. The average molecular weight is 259 g/mol. The van der Waals surface area contributed by atoms with Gasteiger partial charge in [-0.05, 0) is 31.0 Å². The van der Waals surface area contributed by atoms with Crippen molar-refractivity contribution in [1.82, 2.24) is 9.55 Å². The molecule has 1 aromatic carbocycles. The van der Waals surface area contributed by atoms with Crippen molar-refractivity contribution in [2.45, 2.75) is 53.0 Å². The van der Waals surface area contributed by atoms with E-state index in [2.05, 4.69) is 52.2 Å². The Morgan fingerprint density at radius 3 is 2.32 bits per heavy atom. The number of nitrogen functional groups attached to an aromatic ring is 1. The summed E-state index contributed by atoms with van der Waals surface area (Å²) in [5, 5.41) is 0. The molecule has 0 saturated carbocycles. The molecular formula is C16H25N3. The molecule has 0 spiro atoms. The van der Waals surface area contributed by atoms with Crippen molar-refractivity contribution in [1.29, 1.82) is 0 Å². The molecule has 0 fully saturated rings. The van der Waals surface area contributed by atoms with Crippen LogP contribution >= 0.6 is 0 Å². The maximum absolute atomic E-state index is 5.88. The van der Waals surface area contributed by atoms with Gasteiger partial charge in [0.1, 0.15) is 5.82 Å². The highest BCUT2D eigenvalue weighted by Crippen LogP contribution is 2.32. The van der Waals surface area contributed by atoms with E-state index in [-0.39, 0.29) is 5.41 Å². The number of benzene rings is 1. The maximum atomic E-state index is 5.88. The Morgan fingerprint density at radius 2 is 1.79 bits per heavy atom. The molecule has 1 atom stereocenters. The molecule has 0 saturated heterocycles. The highest BCUT2D eigenvalue weighted by Gasteiger charge is 2.26. The standard InChI is InChI=1S/C16H25N3/c1-10(2)11(3)19-14-8-7-12(17)9-13(14)18-15(19)16(4,5)6/h7-11H,17H2,1-6H3. The molecule has 2 rings (SSSR count). The van der Waals surface area contributed by atoms with Gasteiger partial charge in [0.2, 0.25) is 0 Å². The fourth-order valence-corrected chi connectivity index (χ4v) is 2.36. The predicted molar refractivity (Wildman–Crippen MR) is 82.4 cm³/mol. The van der Waals surface area contributed by atoms with Gasteiger partial charge in [-0.1, -0.05) is 34.6 Å². The van der Waals surface area contributed by atoms with Crippen molar-refractivity contribution >= 4 is 16.7 Å². The molecule has 0 amide bonds. The first-order valence-corrected chi connectivity index (χ1v) is 6.99. The number of fused-ring (bicyclic) bond motifs is 1. The topological polar surface area (TPSA) is 43.8 Å². The molecular weight excluding hydrogens is 234 g/mol. The van der Waals surface area contributed by atoms with Gasteiger partial charge >= 0.3 is 0 Å². The third kappa shape index (κ3) is 2.46. The zero-order chi connectivity index (χ0) is 14.4. The predicted octanol–water partition coefficient (Wildman–Crippen LogP) is 4.13. The number of hydrogen-bond donors (Lipinski definition) is 1. The normalized spacial score (nSPS) is 14.3. The smallest absolute Gasteiger partial charge is 0.115 e. The molecule has 1 aromatic heterocycles. The lowest BCUT2D eigenvalue weighted by atomic mass is 9.94. The van der Waals surface area contributed by atoms with Crippen LogP contribution in [-0.4, -0.2) is 9.55 Å². The fourth-order valence-electron chi connectivity index (χ4n) is 2.36. The summed E-state index contributed by atoms with van der Waals surface area (Å²) in [5.41, 5.74) is 8.86. The summed E-state index contributed by atoms with van der Waals surface area (Å²) in [7, 11) is 0. The summed E-state index contributed by atoms with van der Waals surface area (Å²) in [6, 6.07) is 6.43. The summed E-state index contributed by atoms with van der Waals surface area (Å²) in [6.07, 6.45) is 0. The van der Waals surface area contributed by atoms with E-state index in [1.165, 1.54) is 5.52 Å². The minimum absolute atomic E-state index is 0.0247. The first-order chi connectivity index (χ1) is 8.71. The molecule has 2 N–H and O–H groups in total. The van der Waals surface area contributed by atoms with Crippen LogP contribution < -0.4 is 5.73 Å². The summed E-state index contributed by atoms with van der Waals surface area (Å²) in [5.74, 6) is 1.70. The zero-order valence-electron chi connectivity index (χ0n) is 12.9. The van der Waals surface area contributed by atoms with E-state index in [4.69, 9.17) is 10.7 Å². The third-order valence-corrected chi connectivity index (χ3v) is 3.76. The molecule has 0 radical (unpaired) electrons. The van der Waals surface area contributed by atoms with Crippen LogP contribution in [0.4, 0.5) is 5.69 Å². The minimum atomic E-state index is 0.0247. The molecule has 0 aliphatic carbocycles. The average Bonchev–Trinajstić information content (AvgIpc) is 2.65. The number of aromatic nitrogens is 2. The van der Waals surface area contributed by atoms with Crippen LogP contribution in [-0.2, 0) is 5.41 Å². The van der Waals surface area contributed by atoms with Gasteiger partial charge in [0.15, 0.2) is 0 Å². The molecule has 0 bridgehead atoms. The number of hydrogen-bond acceptors (Lipinski definition) is 2. The lowest BCUT2D eigenvalue weighted by molar-refractivity contribution is 0.380. The molecule has 1 unspecified atom stereocenters. The van der Waals surface area contributed by atoms with Crippen LogP contribution in [0, 0.1) is 5.92 Å². The Morgan fingerprint density at radius 1 is 1.16 bits per heavy atom. The number of imidazole rings is 1. The molecule has 19 heavy (non-hydrogen) atoms. The van der Waals surface area contributed by atoms with Crippen molar-refractivity contribution in [3.8, 4) is 0 Å². The first kappa shape index (κ1) is 13.9. The Kier molecular flexibility index (Phi) is 3.33. The molecule has 0 aliphatic heterocycles. The Labute approximate surface area is 115 Å². The van der Waals surface area contributed by atoms with Crippen LogP contribution in [0.15, 0.2) is 18.2 Å². The van der Waals surface area contributed by atoms with Gasteiger partial charge in [-0.15, -0.1) is 0 Å². The van der Waals surface area contributed by atoms with Gasteiger partial charge < -0.3 is 10.3 Å². The number of nitrogens with zero attached hydrogens (tertiary/aromatic N) is 2. The van der Waals surface area contributed by atoms with Crippen LogP contribution in [0.3, 0.4) is 0 Å². The second kappa shape index (κ2) is 4.55. The highest BCUT2D eigenvalue weighted by atomic mass is 15.1. The minimum Gasteiger partial charge on any atom is -0.399 e. The molecule has 0 aliphatic rings. The van der Waals surface area contributed by atoms with Crippen molar-refractivity contribution < 1.29 is 0 Å². The second-order valence-electron chi connectivity index (χ2n) is 6.79. The molecule has 1 heterocycles. The summed E-state index contributed by atoms with van der Waals surface area (Å²) < 4.78 is 2.37. The summed E-state index contributed by atoms with van der Waals surface area (Å²) >= 11 is 0. The summed E-state index contributed by atoms with van der Waals surface area (Å²) in [4.78, 5) is 4.83. The number of rotatable bonds is 2. The number of anilines is 1. The fraction of sp³-hybridized carbons (Fsp3) is 0.562. The van der Waals surface area contributed by atoms with Gasteiger partial charge in [0, 0.05) is 17.1 Å². The lowest BCUT2D eigenvalue weighted by Crippen LogP contribution is -2.23. The van der Waals surface area contributed by atoms with E-state index in [1.807, 2.05) is 12.1 Å². The Bertz CT molecular complexity index is 588. The van der Waals surface area contributed by atoms with Crippen molar-refractivity contribution in [2.24, 2.45) is 5.92 Å². The largest absolute Gasteiger partial charge is 0.399 e. The first-order valence-electron chi connectivity index (χ1n) is 6.99. The highest BCUT2D eigenvalue weighted by molar-refractivity contribution is 5.80. The summed E-state index contributed by atoms with van der Waals surface area (Å²) in [6.45, 7) is 13.4. The van der Waals surface area contributed by atoms with Gasteiger partial charge in [0.25, 0.3) is 0 Å². The van der Waals surface area contributed by atoms with Crippen LogP contribution in [0.2, 0.25) is 0 Å². The van der Waals surface area contributed by atoms with E-state index in [9.17, 15) is 0 Å². The maximum Gasteiger partial charge on any atom is 0.115 e. The van der Waals surface area contributed by atoms with Crippen LogP contribution in [0.1, 0.15) is 53.4 Å². The molecule has 3 nitrogen and oxygen atoms in total. The van der Waals surface area contributed by atoms with E-state index in [0.29, 0.717) is 12.0 Å². The van der Waals surface area contributed by atoms with E-state index >= 15 is 0 Å². The lowest BCUT2D eigenvalue weighted by Gasteiger charge is -2.26. The van der Waals surface area contributed by atoms with Crippen molar-refractivity contribution in [2.75, 3.05) is 5.73 Å². The zero-order valence-corrected chi connectivity index (χ0v) is 12.9. The second-order valence-corrected chi connectivity index (χ2v) is 6.79. The molecule has 104 valence electrons. The Balaban J connectivity index is 2.76. The Hall–Kier alpha value is -1.51. The monoisotopic (exact) mass is 259 g/mol. The van der Waals surface area contributed by atoms with Crippen LogP contribution in [0.25, 0.3) is 11.0 Å². The van der Waals surface area contributed by atoms with Gasteiger partial charge in [-0.3, -0.25) is 0 Å². The SMILES string of the molecule is CC(C)C(C)n1c(C(C)(C)C)nc2cc(N)ccc21. The van der Waals surface area contributed by atoms with Crippen molar-refractivity contribution in [3.05, 3.63) is 24.0 Å². The van der Waals surface area contributed by atoms with Gasteiger partial charge in [0.05, 0.1) is 11.0 Å². The number of nitrogens with two attached hydrogens (primary N) is 1. The third-order valence-electron chi connectivity index (χ3n) is 3.76. The van der Waals surface area contributed by atoms with E-state index in [1.54, 1.807) is 0 Å². The van der Waals surface area contributed by atoms with Gasteiger partial charge in [-0.2, -0.15) is 0 Å². The van der Waals surface area contributed by atoms with E-state index in [0.717, 1.165) is 17.0 Å². The molecule has 2 aromatic rings.